The van der Waals surface area contributed by atoms with Crippen LogP contribution in [0.4, 0.5) is 4.79 Å². The Kier molecular flexibility index (Phi) is 4.33. The van der Waals surface area contributed by atoms with Gasteiger partial charge in [-0.1, -0.05) is 0 Å². The number of carbonyl (C=O) groups is 2. The van der Waals surface area contributed by atoms with Gasteiger partial charge in [0.05, 0.1) is 6.04 Å². The monoisotopic (exact) mass is 319 g/mol. The molecule has 3 rings (SSSR count). The normalized spacial score (nSPS) is 22.3. The highest BCUT2D eigenvalue weighted by atomic mass is 16.3. The molecule has 3 amide bonds. The van der Waals surface area contributed by atoms with Gasteiger partial charge in [0.15, 0.2) is 0 Å². The van der Waals surface area contributed by atoms with E-state index in [1.807, 2.05) is 31.7 Å². The van der Waals surface area contributed by atoms with Crippen molar-refractivity contribution in [3.8, 4) is 0 Å². The summed E-state index contributed by atoms with van der Waals surface area (Å²) >= 11 is 0. The van der Waals surface area contributed by atoms with Crippen LogP contribution >= 0.6 is 0 Å². The largest absolute Gasteiger partial charge is 0.466 e. The Bertz CT molecular complexity index is 606. The molecule has 2 atom stereocenters. The lowest BCUT2D eigenvalue weighted by atomic mass is 10.1. The molecule has 0 spiro atoms. The summed E-state index contributed by atoms with van der Waals surface area (Å²) in [5, 5.41) is 5.82. The topological polar surface area (TPSA) is 74.6 Å². The van der Waals surface area contributed by atoms with E-state index < -0.39 is 0 Å². The number of rotatable bonds is 5. The van der Waals surface area contributed by atoms with Crippen LogP contribution in [0.3, 0.4) is 0 Å². The van der Waals surface area contributed by atoms with Crippen LogP contribution in [0.25, 0.3) is 0 Å². The van der Waals surface area contributed by atoms with Gasteiger partial charge < -0.3 is 20.0 Å². The van der Waals surface area contributed by atoms with Gasteiger partial charge in [-0.2, -0.15) is 0 Å². The lowest BCUT2D eigenvalue weighted by molar-refractivity contribution is -0.128. The van der Waals surface area contributed by atoms with E-state index in [4.69, 9.17) is 4.42 Å². The molecule has 1 aliphatic heterocycles. The Hall–Kier alpha value is -1.98. The molecule has 126 valence electrons. The molecule has 2 fully saturated rings. The molecule has 6 heteroatoms. The Morgan fingerprint density at radius 3 is 2.78 bits per heavy atom. The molecule has 2 heterocycles. The third-order valence-corrected chi connectivity index (χ3v) is 4.67. The number of nitrogens with zero attached hydrogens (tertiary/aromatic N) is 1. The summed E-state index contributed by atoms with van der Waals surface area (Å²) in [5.74, 6) is 2.13. The first-order valence-corrected chi connectivity index (χ1v) is 8.34. The third-order valence-electron chi connectivity index (χ3n) is 4.67. The predicted molar refractivity (Wildman–Crippen MR) is 86.0 cm³/mol. The van der Waals surface area contributed by atoms with Crippen molar-refractivity contribution in [3.63, 3.8) is 0 Å². The van der Waals surface area contributed by atoms with Crippen molar-refractivity contribution < 1.29 is 14.0 Å². The van der Waals surface area contributed by atoms with Gasteiger partial charge in [0.1, 0.15) is 11.5 Å². The standard InChI is InChI=1S/C17H25N3O3/c1-10-6-15(12(3)23-10)11(2)19-17(22)18-8-13-7-16(21)20(9-13)14-4-5-14/h6,11,13-14H,4-5,7-9H2,1-3H3,(H2,18,19,22)/t11-,13+/m1/s1. The Morgan fingerprint density at radius 1 is 1.43 bits per heavy atom. The van der Waals surface area contributed by atoms with Crippen molar-refractivity contribution in [2.45, 2.75) is 52.1 Å². The summed E-state index contributed by atoms with van der Waals surface area (Å²) in [5.41, 5.74) is 0.994. The smallest absolute Gasteiger partial charge is 0.315 e. The van der Waals surface area contributed by atoms with Crippen LogP contribution in [-0.2, 0) is 4.79 Å². The lowest BCUT2D eigenvalue weighted by Crippen LogP contribution is -2.40. The van der Waals surface area contributed by atoms with Gasteiger partial charge in [0.25, 0.3) is 0 Å². The van der Waals surface area contributed by atoms with Crippen LogP contribution in [-0.4, -0.2) is 36.0 Å². The highest BCUT2D eigenvalue weighted by Gasteiger charge is 2.39. The Morgan fingerprint density at radius 2 is 2.17 bits per heavy atom. The molecule has 0 radical (unpaired) electrons. The number of aryl methyl sites for hydroxylation is 2. The van der Waals surface area contributed by atoms with Crippen molar-refractivity contribution in [2.24, 2.45) is 5.92 Å². The summed E-state index contributed by atoms with van der Waals surface area (Å²) in [6.07, 6.45) is 2.81. The zero-order chi connectivity index (χ0) is 16.6. The number of amides is 3. The summed E-state index contributed by atoms with van der Waals surface area (Å²) in [6.45, 7) is 7.04. The van der Waals surface area contributed by atoms with Crippen molar-refractivity contribution in [1.29, 1.82) is 0 Å². The second-order valence-electron chi connectivity index (χ2n) is 6.79. The van der Waals surface area contributed by atoms with E-state index in [0.29, 0.717) is 19.0 Å². The third kappa shape index (κ3) is 3.68. The molecule has 1 saturated heterocycles. The SMILES string of the molecule is Cc1cc([C@@H](C)NC(=O)NC[C@@H]2CC(=O)N(C3CC3)C2)c(C)o1. The molecular weight excluding hydrogens is 294 g/mol. The van der Waals surface area contributed by atoms with Crippen LogP contribution in [0.1, 0.15) is 49.3 Å². The van der Waals surface area contributed by atoms with Crippen LogP contribution in [0.5, 0.6) is 0 Å². The van der Waals surface area contributed by atoms with Crippen molar-refractivity contribution in [3.05, 3.63) is 23.2 Å². The average molecular weight is 319 g/mol. The van der Waals surface area contributed by atoms with Crippen LogP contribution in [0.15, 0.2) is 10.5 Å². The first-order chi connectivity index (χ1) is 10.9. The molecule has 23 heavy (non-hydrogen) atoms. The summed E-state index contributed by atoms with van der Waals surface area (Å²) < 4.78 is 5.50. The van der Waals surface area contributed by atoms with E-state index in [1.165, 1.54) is 0 Å². The van der Waals surface area contributed by atoms with Crippen LogP contribution in [0.2, 0.25) is 0 Å². The van der Waals surface area contributed by atoms with Gasteiger partial charge in [-0.3, -0.25) is 4.79 Å². The number of likely N-dealkylation sites (tertiary alicyclic amines) is 1. The van der Waals surface area contributed by atoms with Crippen LogP contribution < -0.4 is 10.6 Å². The molecular formula is C17H25N3O3. The van der Waals surface area contributed by atoms with Crippen LogP contribution in [0, 0.1) is 19.8 Å². The molecule has 2 N–H and O–H groups in total. The highest BCUT2D eigenvalue weighted by molar-refractivity contribution is 5.79. The van der Waals surface area contributed by atoms with Gasteiger partial charge in [-0.25, -0.2) is 4.79 Å². The fraction of sp³-hybridized carbons (Fsp3) is 0.647. The van der Waals surface area contributed by atoms with E-state index in [0.717, 1.165) is 36.5 Å². The van der Waals surface area contributed by atoms with Gasteiger partial charge >= 0.3 is 6.03 Å². The van der Waals surface area contributed by atoms with Crippen molar-refractivity contribution in [2.75, 3.05) is 13.1 Å². The molecule has 1 saturated carbocycles. The van der Waals surface area contributed by atoms with Crippen molar-refractivity contribution >= 4 is 11.9 Å². The second kappa shape index (κ2) is 6.26. The number of nitrogens with one attached hydrogen (secondary N) is 2. The first-order valence-electron chi connectivity index (χ1n) is 8.34. The van der Waals surface area contributed by atoms with Gasteiger partial charge in [-0.05, 0) is 39.7 Å². The number of hydrogen-bond acceptors (Lipinski definition) is 3. The molecule has 2 aliphatic rings. The van der Waals surface area contributed by atoms with Crippen molar-refractivity contribution in [1.82, 2.24) is 15.5 Å². The van der Waals surface area contributed by atoms with E-state index in [2.05, 4.69) is 10.6 Å². The molecule has 1 aliphatic carbocycles. The van der Waals surface area contributed by atoms with E-state index >= 15 is 0 Å². The second-order valence-corrected chi connectivity index (χ2v) is 6.79. The minimum atomic E-state index is -0.201. The minimum absolute atomic E-state index is 0.111. The van der Waals surface area contributed by atoms with E-state index in [-0.39, 0.29) is 23.9 Å². The molecule has 1 aromatic heterocycles. The molecule has 6 nitrogen and oxygen atoms in total. The van der Waals surface area contributed by atoms with Gasteiger partial charge in [-0.15, -0.1) is 0 Å². The van der Waals surface area contributed by atoms with Gasteiger partial charge in [0.2, 0.25) is 5.91 Å². The Labute approximate surface area is 136 Å². The van der Waals surface area contributed by atoms with Gasteiger partial charge in [0, 0.05) is 37.0 Å². The molecule has 0 unspecified atom stereocenters. The maximum atomic E-state index is 12.1. The zero-order valence-electron chi connectivity index (χ0n) is 14.0. The first kappa shape index (κ1) is 15.9. The lowest BCUT2D eigenvalue weighted by Gasteiger charge is -2.17. The number of carbonyl (C=O) groups excluding carboxylic acids is 2. The Balaban J connectivity index is 1.44. The summed E-state index contributed by atoms with van der Waals surface area (Å²) in [6, 6.07) is 2.10. The summed E-state index contributed by atoms with van der Waals surface area (Å²) in [7, 11) is 0. The zero-order valence-corrected chi connectivity index (χ0v) is 14.0. The fourth-order valence-electron chi connectivity index (χ4n) is 3.33. The van der Waals surface area contributed by atoms with E-state index in [1.54, 1.807) is 0 Å². The molecule has 0 aromatic carbocycles. The molecule has 0 bridgehead atoms. The highest BCUT2D eigenvalue weighted by Crippen LogP contribution is 2.32. The average Bonchev–Trinajstić information content (AvgIpc) is 3.17. The summed E-state index contributed by atoms with van der Waals surface area (Å²) in [4.78, 5) is 25.9. The van der Waals surface area contributed by atoms with E-state index in [9.17, 15) is 9.59 Å². The maximum Gasteiger partial charge on any atom is 0.315 e. The molecule has 1 aromatic rings. The predicted octanol–water partition coefficient (Wildman–Crippen LogP) is 2.27. The number of urea groups is 1. The number of furan rings is 1. The number of hydrogen-bond donors (Lipinski definition) is 2. The fourth-order valence-corrected chi connectivity index (χ4v) is 3.33. The maximum absolute atomic E-state index is 12.1. The minimum Gasteiger partial charge on any atom is -0.466 e. The quantitative estimate of drug-likeness (QED) is 0.874.